The van der Waals surface area contributed by atoms with Gasteiger partial charge in [0, 0.05) is 26.1 Å². The predicted octanol–water partition coefficient (Wildman–Crippen LogP) is 2.97. The van der Waals surface area contributed by atoms with E-state index in [1.807, 2.05) is 48.5 Å². The Bertz CT molecular complexity index is 1080. The molecule has 0 heterocycles. The van der Waals surface area contributed by atoms with E-state index in [9.17, 15) is 23.2 Å². The minimum Gasteiger partial charge on any atom is -0.480 e. The van der Waals surface area contributed by atoms with Crippen LogP contribution in [0.1, 0.15) is 17.0 Å². The number of ether oxygens (including phenoxy) is 2. The third kappa shape index (κ3) is 4.97. The normalized spacial score (nSPS) is 19.4. The maximum Gasteiger partial charge on any atom is 0.407 e. The zero-order chi connectivity index (χ0) is 25.2. The molecule has 2 aliphatic rings. The summed E-state index contributed by atoms with van der Waals surface area (Å²) < 4.78 is 38.8. The molecule has 0 spiro atoms. The van der Waals surface area contributed by atoms with Gasteiger partial charge in [-0.15, -0.1) is 0 Å². The number of nitrogens with one attached hydrogen (secondary N) is 1. The molecule has 35 heavy (non-hydrogen) atoms. The van der Waals surface area contributed by atoms with E-state index in [1.165, 1.54) is 7.11 Å². The third-order valence-electron chi connectivity index (χ3n) is 6.48. The second kappa shape index (κ2) is 9.99. The summed E-state index contributed by atoms with van der Waals surface area (Å²) in [5.74, 6) is -8.95. The van der Waals surface area contributed by atoms with Gasteiger partial charge in [0.2, 0.25) is 5.91 Å². The molecule has 0 aliphatic heterocycles. The molecule has 0 radical (unpaired) electrons. The topological polar surface area (TPSA) is 105 Å². The zero-order valence-electron chi connectivity index (χ0n) is 19.1. The summed E-state index contributed by atoms with van der Waals surface area (Å²) in [6.45, 7) is -1.25. The maximum absolute atomic E-state index is 14.3. The molecular formula is C25H26F2N2O6. The lowest BCUT2D eigenvalue weighted by Gasteiger charge is -2.20. The van der Waals surface area contributed by atoms with Crippen LogP contribution in [0.4, 0.5) is 13.6 Å². The molecule has 1 saturated carbocycles. The van der Waals surface area contributed by atoms with Crippen molar-refractivity contribution in [2.45, 2.75) is 11.8 Å². The highest BCUT2D eigenvalue weighted by Crippen LogP contribution is 2.55. The highest BCUT2D eigenvalue weighted by atomic mass is 19.3. The van der Waals surface area contributed by atoms with Crippen molar-refractivity contribution in [3.63, 3.8) is 0 Å². The largest absolute Gasteiger partial charge is 0.480 e. The van der Waals surface area contributed by atoms with Gasteiger partial charge in [-0.2, -0.15) is 0 Å². The Balaban J connectivity index is 1.33. The monoisotopic (exact) mass is 488 g/mol. The van der Waals surface area contributed by atoms with Crippen molar-refractivity contribution in [3.8, 4) is 11.1 Å². The van der Waals surface area contributed by atoms with Gasteiger partial charge in [0.05, 0.1) is 12.5 Å². The molecule has 4 rings (SSSR count). The number of carboxylic acids is 1. The number of fused-ring (bicyclic) bond motifs is 3. The van der Waals surface area contributed by atoms with E-state index in [2.05, 4.69) is 5.32 Å². The fourth-order valence-corrected chi connectivity index (χ4v) is 4.65. The first kappa shape index (κ1) is 24.6. The Morgan fingerprint density at radius 1 is 1.06 bits per heavy atom. The van der Waals surface area contributed by atoms with Gasteiger partial charge in [-0.1, -0.05) is 48.5 Å². The van der Waals surface area contributed by atoms with Gasteiger partial charge in [-0.3, -0.25) is 9.59 Å². The number of alkyl carbamates (subject to hydrolysis) is 1. The molecule has 1 fully saturated rings. The Morgan fingerprint density at radius 3 is 2.23 bits per heavy atom. The highest BCUT2D eigenvalue weighted by molar-refractivity contribution is 5.87. The molecule has 2 aromatic carbocycles. The molecular weight excluding hydrogens is 462 g/mol. The second-order valence-corrected chi connectivity index (χ2v) is 8.61. The van der Waals surface area contributed by atoms with Crippen molar-refractivity contribution < 1.29 is 37.7 Å². The number of halogens is 2. The van der Waals surface area contributed by atoms with Crippen LogP contribution in [-0.2, 0) is 19.1 Å². The lowest BCUT2D eigenvalue weighted by Crippen LogP contribution is -2.40. The number of amides is 2. The van der Waals surface area contributed by atoms with Crippen LogP contribution in [0.5, 0.6) is 0 Å². The Morgan fingerprint density at radius 2 is 1.66 bits per heavy atom. The number of carbonyl (C=O) groups is 3. The first-order valence-electron chi connectivity index (χ1n) is 11.2. The summed E-state index contributed by atoms with van der Waals surface area (Å²) in [6, 6.07) is 15.6. The van der Waals surface area contributed by atoms with Crippen molar-refractivity contribution in [2.24, 2.45) is 11.8 Å². The summed E-state index contributed by atoms with van der Waals surface area (Å²) >= 11 is 0. The summed E-state index contributed by atoms with van der Waals surface area (Å²) in [5.41, 5.74) is 4.18. The van der Waals surface area contributed by atoms with Crippen LogP contribution in [0.15, 0.2) is 48.5 Å². The Kier molecular flexibility index (Phi) is 7.02. The number of carbonyl (C=O) groups excluding carboxylic acids is 2. The maximum atomic E-state index is 14.3. The first-order valence-corrected chi connectivity index (χ1v) is 11.2. The van der Waals surface area contributed by atoms with Gasteiger partial charge in [0.1, 0.15) is 19.1 Å². The number of alkyl halides is 2. The third-order valence-corrected chi connectivity index (χ3v) is 6.48. The minimum absolute atomic E-state index is 0.0139. The molecule has 2 amide bonds. The van der Waals surface area contributed by atoms with Gasteiger partial charge in [0.15, 0.2) is 0 Å². The number of benzene rings is 2. The number of nitrogens with zero attached hydrogens (tertiary/aromatic N) is 1. The van der Waals surface area contributed by atoms with Crippen molar-refractivity contribution in [2.75, 3.05) is 40.0 Å². The lowest BCUT2D eigenvalue weighted by molar-refractivity contribution is -0.146. The summed E-state index contributed by atoms with van der Waals surface area (Å²) in [7, 11) is 1.36. The molecule has 2 N–H and O–H groups in total. The minimum atomic E-state index is -3.35. The zero-order valence-corrected chi connectivity index (χ0v) is 19.1. The molecule has 8 nitrogen and oxygen atoms in total. The molecule has 2 unspecified atom stereocenters. The quantitative estimate of drug-likeness (QED) is 0.533. The number of hydrogen-bond acceptors (Lipinski definition) is 5. The molecule has 2 aliphatic carbocycles. The summed E-state index contributed by atoms with van der Waals surface area (Å²) in [4.78, 5) is 36.7. The van der Waals surface area contributed by atoms with Crippen molar-refractivity contribution in [1.82, 2.24) is 10.2 Å². The van der Waals surface area contributed by atoms with Gasteiger partial charge >= 0.3 is 12.1 Å². The van der Waals surface area contributed by atoms with E-state index in [1.54, 1.807) is 0 Å². The molecule has 186 valence electrons. The smallest absolute Gasteiger partial charge is 0.407 e. The van der Waals surface area contributed by atoms with Crippen LogP contribution >= 0.6 is 0 Å². The van der Waals surface area contributed by atoms with E-state index in [4.69, 9.17) is 14.6 Å². The van der Waals surface area contributed by atoms with Crippen molar-refractivity contribution in [3.05, 3.63) is 59.7 Å². The van der Waals surface area contributed by atoms with Crippen LogP contribution in [0, 0.1) is 11.8 Å². The van der Waals surface area contributed by atoms with Gasteiger partial charge in [-0.05, 0) is 22.3 Å². The van der Waals surface area contributed by atoms with Crippen LogP contribution in [0.2, 0.25) is 0 Å². The fraction of sp³-hybridized carbons (Fsp3) is 0.400. The van der Waals surface area contributed by atoms with Gasteiger partial charge < -0.3 is 24.8 Å². The van der Waals surface area contributed by atoms with Crippen LogP contribution in [0.25, 0.3) is 11.1 Å². The molecule has 2 atom stereocenters. The van der Waals surface area contributed by atoms with E-state index in [-0.39, 0.29) is 25.7 Å². The number of carboxylic acid groups (broad SMARTS) is 1. The Labute approximate surface area is 200 Å². The van der Waals surface area contributed by atoms with Crippen LogP contribution in [-0.4, -0.2) is 73.9 Å². The summed E-state index contributed by atoms with van der Waals surface area (Å²) in [6.07, 6.45) is -0.859. The second-order valence-electron chi connectivity index (χ2n) is 8.61. The van der Waals surface area contributed by atoms with Crippen LogP contribution < -0.4 is 5.32 Å². The molecule has 0 bridgehead atoms. The number of methoxy groups -OCH3 is 1. The van der Waals surface area contributed by atoms with Crippen LogP contribution in [0.3, 0.4) is 0 Å². The molecule has 2 aromatic rings. The Hall–Kier alpha value is -3.53. The van der Waals surface area contributed by atoms with Gasteiger partial charge in [0.25, 0.3) is 5.92 Å². The number of hydrogen-bond donors (Lipinski definition) is 2. The average Bonchev–Trinajstić information content (AvgIpc) is 3.24. The standard InChI is InChI=1S/C25H26F2N2O6/c1-34-11-10-29(13-21(30)31)23(32)22-20(25(22,26)27)12-28-24(33)35-14-19-17-8-4-2-6-15(17)16-7-3-5-9-18(16)19/h2-9,19-20,22H,10-14H2,1H3,(H,28,33)(H,30,31). The first-order chi connectivity index (χ1) is 16.8. The van der Waals surface area contributed by atoms with E-state index in [0.29, 0.717) is 0 Å². The van der Waals surface area contributed by atoms with Crippen molar-refractivity contribution >= 4 is 18.0 Å². The fourth-order valence-electron chi connectivity index (χ4n) is 4.65. The summed E-state index contributed by atoms with van der Waals surface area (Å²) in [5, 5.41) is 11.3. The SMILES string of the molecule is COCCN(CC(=O)O)C(=O)C1C(CNC(=O)OCC2c3ccccc3-c3ccccc32)C1(F)F. The lowest BCUT2D eigenvalue weighted by atomic mass is 9.98. The predicted molar refractivity (Wildman–Crippen MR) is 121 cm³/mol. The number of aliphatic carboxylic acids is 1. The van der Waals surface area contributed by atoms with E-state index >= 15 is 0 Å². The molecule has 0 saturated heterocycles. The molecule has 0 aromatic heterocycles. The highest BCUT2D eigenvalue weighted by Gasteiger charge is 2.72. The number of rotatable bonds is 10. The van der Waals surface area contributed by atoms with Crippen molar-refractivity contribution in [1.29, 1.82) is 0 Å². The molecule has 10 heteroatoms. The average molecular weight is 488 g/mol. The van der Waals surface area contributed by atoms with E-state index < -0.39 is 48.8 Å². The van der Waals surface area contributed by atoms with Gasteiger partial charge in [-0.25, -0.2) is 13.6 Å². The van der Waals surface area contributed by atoms with E-state index in [0.717, 1.165) is 27.2 Å².